The molecule has 1 aliphatic carbocycles. The Kier molecular flexibility index (Phi) is 5.20. The summed E-state index contributed by atoms with van der Waals surface area (Å²) in [5.41, 5.74) is 6.71. The van der Waals surface area contributed by atoms with Gasteiger partial charge >= 0.3 is 0 Å². The van der Waals surface area contributed by atoms with E-state index in [0.717, 1.165) is 12.8 Å². The van der Waals surface area contributed by atoms with Crippen LogP contribution in [0.3, 0.4) is 0 Å². The third-order valence-electron chi connectivity index (χ3n) is 4.00. The summed E-state index contributed by atoms with van der Waals surface area (Å²) >= 11 is 0. The van der Waals surface area contributed by atoms with E-state index in [4.69, 9.17) is 5.73 Å². The lowest BCUT2D eigenvalue weighted by molar-refractivity contribution is -0.132. The van der Waals surface area contributed by atoms with Crippen LogP contribution in [0.2, 0.25) is 0 Å². The van der Waals surface area contributed by atoms with Crippen molar-refractivity contribution in [1.29, 1.82) is 0 Å². The minimum atomic E-state index is -0.245. The first-order valence-electron chi connectivity index (χ1n) is 7.55. The van der Waals surface area contributed by atoms with Crippen molar-refractivity contribution >= 4 is 17.5 Å². The van der Waals surface area contributed by atoms with Gasteiger partial charge in [0.1, 0.15) is 0 Å². The SMILES string of the molecule is CCN(C(=O)CNC(=O)c1ccc(N)cc1)C1CCCC1. The molecule has 1 fully saturated rings. The number of carbonyl (C=O) groups is 2. The van der Waals surface area contributed by atoms with E-state index in [0.29, 0.717) is 23.8 Å². The largest absolute Gasteiger partial charge is 0.399 e. The van der Waals surface area contributed by atoms with Crippen molar-refractivity contribution in [3.63, 3.8) is 0 Å². The minimum absolute atomic E-state index is 0.00630. The molecule has 0 heterocycles. The zero-order chi connectivity index (χ0) is 15.2. The molecule has 5 heteroatoms. The molecule has 1 aromatic carbocycles. The minimum Gasteiger partial charge on any atom is -0.399 e. The van der Waals surface area contributed by atoms with Crippen molar-refractivity contribution in [2.75, 3.05) is 18.8 Å². The van der Waals surface area contributed by atoms with Crippen molar-refractivity contribution in [3.05, 3.63) is 29.8 Å². The number of rotatable bonds is 5. The molecule has 1 aliphatic rings. The van der Waals surface area contributed by atoms with Crippen LogP contribution in [0.5, 0.6) is 0 Å². The summed E-state index contributed by atoms with van der Waals surface area (Å²) in [6, 6.07) is 7.00. The monoisotopic (exact) mass is 289 g/mol. The number of carbonyl (C=O) groups excluding carboxylic acids is 2. The van der Waals surface area contributed by atoms with Crippen molar-refractivity contribution in [3.8, 4) is 0 Å². The number of benzene rings is 1. The van der Waals surface area contributed by atoms with Crippen LogP contribution < -0.4 is 11.1 Å². The number of nitrogens with two attached hydrogens (primary N) is 1. The number of hydrogen-bond donors (Lipinski definition) is 2. The van der Waals surface area contributed by atoms with E-state index in [-0.39, 0.29) is 18.4 Å². The molecule has 5 nitrogen and oxygen atoms in total. The van der Waals surface area contributed by atoms with Gasteiger partial charge < -0.3 is 16.0 Å². The van der Waals surface area contributed by atoms with Gasteiger partial charge in [-0.25, -0.2) is 0 Å². The third kappa shape index (κ3) is 3.97. The Labute approximate surface area is 125 Å². The number of nitrogen functional groups attached to an aromatic ring is 1. The summed E-state index contributed by atoms with van der Waals surface area (Å²) in [6.07, 6.45) is 4.52. The van der Waals surface area contributed by atoms with Crippen LogP contribution in [-0.2, 0) is 4.79 Å². The molecule has 1 aromatic rings. The van der Waals surface area contributed by atoms with E-state index < -0.39 is 0 Å². The number of anilines is 1. The third-order valence-corrected chi connectivity index (χ3v) is 4.00. The van der Waals surface area contributed by atoms with Crippen LogP contribution in [0.1, 0.15) is 43.0 Å². The van der Waals surface area contributed by atoms with E-state index >= 15 is 0 Å². The van der Waals surface area contributed by atoms with Gasteiger partial charge in [-0.15, -0.1) is 0 Å². The van der Waals surface area contributed by atoms with Gasteiger partial charge in [-0.1, -0.05) is 12.8 Å². The summed E-state index contributed by atoms with van der Waals surface area (Å²) in [6.45, 7) is 2.73. The Morgan fingerprint density at radius 1 is 1.24 bits per heavy atom. The lowest BCUT2D eigenvalue weighted by atomic mass is 10.2. The van der Waals surface area contributed by atoms with Gasteiger partial charge in [0.15, 0.2) is 0 Å². The lowest BCUT2D eigenvalue weighted by Gasteiger charge is -2.27. The quantitative estimate of drug-likeness (QED) is 0.811. The summed E-state index contributed by atoms with van der Waals surface area (Å²) in [5, 5.41) is 2.69. The van der Waals surface area contributed by atoms with Gasteiger partial charge in [-0.05, 0) is 44.0 Å². The first-order chi connectivity index (χ1) is 10.1. The molecular formula is C16H23N3O2. The number of nitrogens with one attached hydrogen (secondary N) is 1. The topological polar surface area (TPSA) is 75.4 Å². The second-order valence-corrected chi connectivity index (χ2v) is 5.42. The Morgan fingerprint density at radius 2 is 1.86 bits per heavy atom. The molecule has 0 spiro atoms. The van der Waals surface area contributed by atoms with Crippen LogP contribution in [0, 0.1) is 0 Å². The van der Waals surface area contributed by atoms with Crippen LogP contribution >= 0.6 is 0 Å². The van der Waals surface area contributed by atoms with Crippen LogP contribution in [0.4, 0.5) is 5.69 Å². The highest BCUT2D eigenvalue weighted by molar-refractivity contribution is 5.96. The first kappa shape index (κ1) is 15.4. The maximum absolute atomic E-state index is 12.2. The fraction of sp³-hybridized carbons (Fsp3) is 0.500. The van der Waals surface area contributed by atoms with Crippen molar-refractivity contribution in [1.82, 2.24) is 10.2 Å². The second kappa shape index (κ2) is 7.11. The van der Waals surface area contributed by atoms with E-state index in [1.54, 1.807) is 24.3 Å². The maximum Gasteiger partial charge on any atom is 0.251 e. The fourth-order valence-corrected chi connectivity index (χ4v) is 2.85. The molecule has 0 bridgehead atoms. The molecule has 2 rings (SSSR count). The highest BCUT2D eigenvalue weighted by Gasteiger charge is 2.25. The molecule has 2 amide bonds. The van der Waals surface area contributed by atoms with Gasteiger partial charge in [-0.3, -0.25) is 9.59 Å². The summed E-state index contributed by atoms with van der Waals surface area (Å²) < 4.78 is 0. The number of nitrogens with zero attached hydrogens (tertiary/aromatic N) is 1. The number of hydrogen-bond acceptors (Lipinski definition) is 3. The molecular weight excluding hydrogens is 266 g/mol. The Bertz CT molecular complexity index is 493. The van der Waals surface area contributed by atoms with Gasteiger partial charge in [0.2, 0.25) is 5.91 Å². The van der Waals surface area contributed by atoms with Crippen LogP contribution in [-0.4, -0.2) is 35.8 Å². The summed E-state index contributed by atoms with van der Waals surface area (Å²) in [4.78, 5) is 26.1. The molecule has 0 atom stereocenters. The Hall–Kier alpha value is -2.04. The van der Waals surface area contributed by atoms with Crippen molar-refractivity contribution in [2.45, 2.75) is 38.6 Å². The molecule has 0 unspecified atom stereocenters. The van der Waals surface area contributed by atoms with E-state index in [1.807, 2.05) is 11.8 Å². The van der Waals surface area contributed by atoms with Crippen molar-refractivity contribution < 1.29 is 9.59 Å². The highest BCUT2D eigenvalue weighted by Crippen LogP contribution is 2.23. The highest BCUT2D eigenvalue weighted by atomic mass is 16.2. The first-order valence-corrected chi connectivity index (χ1v) is 7.55. The van der Waals surface area contributed by atoms with E-state index in [9.17, 15) is 9.59 Å². The van der Waals surface area contributed by atoms with Gasteiger partial charge in [0.05, 0.1) is 6.54 Å². The molecule has 1 saturated carbocycles. The lowest BCUT2D eigenvalue weighted by Crippen LogP contribution is -2.44. The van der Waals surface area contributed by atoms with Gasteiger partial charge in [0.25, 0.3) is 5.91 Å². The van der Waals surface area contributed by atoms with Gasteiger partial charge in [0, 0.05) is 23.8 Å². The van der Waals surface area contributed by atoms with E-state index in [1.165, 1.54) is 12.8 Å². The molecule has 21 heavy (non-hydrogen) atoms. The van der Waals surface area contributed by atoms with Crippen LogP contribution in [0.25, 0.3) is 0 Å². The molecule has 0 saturated heterocycles. The van der Waals surface area contributed by atoms with Crippen LogP contribution in [0.15, 0.2) is 24.3 Å². The van der Waals surface area contributed by atoms with Gasteiger partial charge in [-0.2, -0.15) is 0 Å². The molecule has 0 radical (unpaired) electrons. The molecule has 114 valence electrons. The van der Waals surface area contributed by atoms with E-state index in [2.05, 4.69) is 5.32 Å². The Balaban J connectivity index is 1.87. The Morgan fingerprint density at radius 3 is 2.43 bits per heavy atom. The average molecular weight is 289 g/mol. The summed E-state index contributed by atoms with van der Waals surface area (Å²) in [7, 11) is 0. The summed E-state index contributed by atoms with van der Waals surface area (Å²) in [5.74, 6) is -0.251. The number of likely N-dealkylation sites (N-methyl/N-ethyl adjacent to an activating group) is 1. The normalized spacial score (nSPS) is 14.9. The van der Waals surface area contributed by atoms with Crippen molar-refractivity contribution in [2.24, 2.45) is 0 Å². The smallest absolute Gasteiger partial charge is 0.251 e. The molecule has 0 aliphatic heterocycles. The predicted octanol–water partition coefficient (Wildman–Crippen LogP) is 1.79. The number of amides is 2. The average Bonchev–Trinajstić information content (AvgIpc) is 3.00. The molecule has 3 N–H and O–H groups in total. The maximum atomic E-state index is 12.2. The zero-order valence-electron chi connectivity index (χ0n) is 12.5. The zero-order valence-corrected chi connectivity index (χ0v) is 12.5. The standard InChI is InChI=1S/C16H23N3O2/c1-2-19(14-5-3-4-6-14)15(20)11-18-16(21)12-7-9-13(17)10-8-12/h7-10,14H,2-6,11,17H2,1H3,(H,18,21). The second-order valence-electron chi connectivity index (χ2n) is 5.42. The molecule has 0 aromatic heterocycles. The fourth-order valence-electron chi connectivity index (χ4n) is 2.85. The predicted molar refractivity (Wildman–Crippen MR) is 82.8 cm³/mol.